The number of urea groups is 1. The van der Waals surface area contributed by atoms with Crippen molar-refractivity contribution < 1.29 is 9.18 Å². The number of benzene rings is 1. The first-order valence-electron chi connectivity index (χ1n) is 9.26. The first kappa shape index (κ1) is 18.4. The average Bonchev–Trinajstić information content (AvgIpc) is 3.08. The van der Waals surface area contributed by atoms with Gasteiger partial charge in [0.05, 0.1) is 35.7 Å². The van der Waals surface area contributed by atoms with E-state index in [-0.39, 0.29) is 11.8 Å². The first-order valence-corrected chi connectivity index (χ1v) is 9.26. The summed E-state index contributed by atoms with van der Waals surface area (Å²) in [5.41, 5.74) is 3.76. The van der Waals surface area contributed by atoms with E-state index >= 15 is 0 Å². The molecule has 7 nitrogen and oxygen atoms in total. The van der Waals surface area contributed by atoms with Crippen molar-refractivity contribution in [2.75, 3.05) is 20.6 Å². The SMILES string of the molecule is CN(C)C(=O)NCc1cc2n(n1)CCN(Cc1ccc3cc(F)ccc3n1)C2. The zero-order valence-corrected chi connectivity index (χ0v) is 16.0. The molecule has 0 radical (unpaired) electrons. The summed E-state index contributed by atoms with van der Waals surface area (Å²) < 4.78 is 15.3. The average molecular weight is 382 g/mol. The van der Waals surface area contributed by atoms with Crippen molar-refractivity contribution in [3.8, 4) is 0 Å². The molecular formula is C20H23FN6O. The maximum atomic E-state index is 13.3. The Bertz CT molecular complexity index is 1020. The molecule has 28 heavy (non-hydrogen) atoms. The van der Waals surface area contributed by atoms with Crippen LogP contribution in [0.3, 0.4) is 0 Å². The molecule has 8 heteroatoms. The smallest absolute Gasteiger partial charge is 0.317 e. The van der Waals surface area contributed by atoms with E-state index < -0.39 is 0 Å². The Morgan fingerprint density at radius 3 is 2.86 bits per heavy atom. The van der Waals surface area contributed by atoms with Crippen molar-refractivity contribution in [2.24, 2.45) is 0 Å². The highest BCUT2D eigenvalue weighted by molar-refractivity contribution is 5.78. The van der Waals surface area contributed by atoms with Gasteiger partial charge in [-0.2, -0.15) is 5.10 Å². The van der Waals surface area contributed by atoms with Gasteiger partial charge >= 0.3 is 6.03 Å². The second-order valence-corrected chi connectivity index (χ2v) is 7.25. The lowest BCUT2D eigenvalue weighted by Gasteiger charge is -2.27. The van der Waals surface area contributed by atoms with Gasteiger partial charge < -0.3 is 10.2 Å². The summed E-state index contributed by atoms with van der Waals surface area (Å²) in [6.45, 7) is 3.60. The molecule has 1 aliphatic heterocycles. The lowest BCUT2D eigenvalue weighted by atomic mass is 10.2. The molecule has 2 amide bonds. The number of halogens is 1. The number of nitrogens with zero attached hydrogens (tertiary/aromatic N) is 5. The quantitative estimate of drug-likeness (QED) is 0.752. The molecule has 0 fully saturated rings. The van der Waals surface area contributed by atoms with Crippen LogP contribution in [0.2, 0.25) is 0 Å². The minimum absolute atomic E-state index is 0.130. The van der Waals surface area contributed by atoms with Gasteiger partial charge in [-0.05, 0) is 30.3 Å². The van der Waals surface area contributed by atoms with Crippen LogP contribution in [0.25, 0.3) is 10.9 Å². The van der Waals surface area contributed by atoms with Crippen LogP contribution in [0, 0.1) is 5.82 Å². The Morgan fingerprint density at radius 1 is 1.18 bits per heavy atom. The van der Waals surface area contributed by atoms with E-state index in [1.54, 1.807) is 20.2 Å². The summed E-state index contributed by atoms with van der Waals surface area (Å²) in [5, 5.41) is 8.23. The minimum Gasteiger partial charge on any atom is -0.332 e. The van der Waals surface area contributed by atoms with E-state index in [4.69, 9.17) is 0 Å². The predicted molar refractivity (Wildman–Crippen MR) is 104 cm³/mol. The maximum Gasteiger partial charge on any atom is 0.317 e. The molecule has 146 valence electrons. The first-order chi connectivity index (χ1) is 13.5. The van der Waals surface area contributed by atoms with E-state index in [9.17, 15) is 9.18 Å². The molecule has 0 spiro atoms. The van der Waals surface area contributed by atoms with E-state index in [1.165, 1.54) is 17.0 Å². The van der Waals surface area contributed by atoms with Crippen LogP contribution < -0.4 is 5.32 Å². The van der Waals surface area contributed by atoms with Crippen LogP contribution in [-0.2, 0) is 26.2 Å². The van der Waals surface area contributed by atoms with Gasteiger partial charge in [0.2, 0.25) is 0 Å². The Balaban J connectivity index is 1.41. The molecule has 1 N–H and O–H groups in total. The number of carbonyl (C=O) groups is 1. The molecule has 0 atom stereocenters. The molecule has 1 aromatic carbocycles. The van der Waals surface area contributed by atoms with Crippen LogP contribution in [0.5, 0.6) is 0 Å². The number of carbonyl (C=O) groups excluding carboxylic acids is 1. The third kappa shape index (κ3) is 3.96. The molecule has 3 aromatic rings. The van der Waals surface area contributed by atoms with Crippen LogP contribution >= 0.6 is 0 Å². The minimum atomic E-state index is -0.246. The normalized spacial score (nSPS) is 14.1. The standard InChI is InChI=1S/C20H23FN6O/c1-25(2)20(28)22-11-17-10-18-13-26(7-8-27(18)24-17)12-16-5-3-14-9-15(21)4-6-19(14)23-16/h3-6,9-10H,7-8,11-13H2,1-2H3,(H,22,28). The van der Waals surface area contributed by atoms with Gasteiger partial charge in [0.1, 0.15) is 5.82 Å². The summed E-state index contributed by atoms with van der Waals surface area (Å²) in [4.78, 5) is 20.1. The topological polar surface area (TPSA) is 66.3 Å². The van der Waals surface area contributed by atoms with E-state index in [1.807, 2.05) is 22.9 Å². The van der Waals surface area contributed by atoms with Gasteiger partial charge in [-0.3, -0.25) is 14.6 Å². The van der Waals surface area contributed by atoms with Gasteiger partial charge in [0.15, 0.2) is 0 Å². The Hall–Kier alpha value is -3.00. The number of amides is 2. The van der Waals surface area contributed by atoms with E-state index in [0.29, 0.717) is 6.54 Å². The Morgan fingerprint density at radius 2 is 2.04 bits per heavy atom. The predicted octanol–water partition coefficient (Wildman–Crippen LogP) is 2.36. The van der Waals surface area contributed by atoms with Crippen molar-refractivity contribution in [2.45, 2.75) is 26.2 Å². The fourth-order valence-electron chi connectivity index (χ4n) is 3.38. The summed E-state index contributed by atoms with van der Waals surface area (Å²) in [5.74, 6) is -0.246. The molecule has 4 rings (SSSR count). The third-order valence-electron chi connectivity index (χ3n) is 4.85. The number of hydrogen-bond acceptors (Lipinski definition) is 4. The highest BCUT2D eigenvalue weighted by Crippen LogP contribution is 2.18. The highest BCUT2D eigenvalue weighted by Gasteiger charge is 2.19. The fraction of sp³-hybridized carbons (Fsp3) is 0.350. The molecule has 3 heterocycles. The van der Waals surface area contributed by atoms with Crippen molar-refractivity contribution in [1.82, 2.24) is 29.9 Å². The van der Waals surface area contributed by atoms with Gasteiger partial charge in [-0.15, -0.1) is 0 Å². The van der Waals surface area contributed by atoms with Crippen molar-refractivity contribution in [3.05, 3.63) is 59.3 Å². The van der Waals surface area contributed by atoms with Crippen LogP contribution in [0.4, 0.5) is 9.18 Å². The zero-order valence-electron chi connectivity index (χ0n) is 16.0. The van der Waals surface area contributed by atoms with Gasteiger partial charge in [0, 0.05) is 39.1 Å². The molecule has 0 bridgehead atoms. The highest BCUT2D eigenvalue weighted by atomic mass is 19.1. The maximum absolute atomic E-state index is 13.3. The van der Waals surface area contributed by atoms with Crippen molar-refractivity contribution >= 4 is 16.9 Å². The molecule has 1 aliphatic rings. The fourth-order valence-corrected chi connectivity index (χ4v) is 3.38. The summed E-state index contributed by atoms with van der Waals surface area (Å²) >= 11 is 0. The van der Waals surface area contributed by atoms with E-state index in [2.05, 4.69) is 20.3 Å². The van der Waals surface area contributed by atoms with Crippen LogP contribution in [-0.4, -0.2) is 51.2 Å². The second kappa shape index (κ2) is 7.55. The molecule has 0 saturated carbocycles. The lowest BCUT2D eigenvalue weighted by Crippen LogP contribution is -2.34. The lowest BCUT2D eigenvalue weighted by molar-refractivity contribution is 0.203. The van der Waals surface area contributed by atoms with Crippen LogP contribution in [0.15, 0.2) is 36.4 Å². The van der Waals surface area contributed by atoms with Gasteiger partial charge in [-0.25, -0.2) is 9.18 Å². The largest absolute Gasteiger partial charge is 0.332 e. The summed E-state index contributed by atoms with van der Waals surface area (Å²) in [6.07, 6.45) is 0. The second-order valence-electron chi connectivity index (χ2n) is 7.25. The Labute approximate surface area is 162 Å². The number of fused-ring (bicyclic) bond motifs is 2. The number of pyridine rings is 1. The van der Waals surface area contributed by atoms with Gasteiger partial charge in [0.25, 0.3) is 0 Å². The monoisotopic (exact) mass is 382 g/mol. The molecule has 0 aliphatic carbocycles. The number of aromatic nitrogens is 3. The Kier molecular flexibility index (Phi) is 4.95. The van der Waals surface area contributed by atoms with Gasteiger partial charge in [-0.1, -0.05) is 6.07 Å². The van der Waals surface area contributed by atoms with Crippen molar-refractivity contribution in [3.63, 3.8) is 0 Å². The summed E-state index contributed by atoms with van der Waals surface area (Å²) in [6, 6.07) is 10.4. The summed E-state index contributed by atoms with van der Waals surface area (Å²) in [7, 11) is 3.42. The molecular weight excluding hydrogens is 359 g/mol. The molecule has 0 saturated heterocycles. The third-order valence-corrected chi connectivity index (χ3v) is 4.85. The number of nitrogens with one attached hydrogen (secondary N) is 1. The van der Waals surface area contributed by atoms with Crippen molar-refractivity contribution in [1.29, 1.82) is 0 Å². The zero-order chi connectivity index (χ0) is 19.7. The number of rotatable bonds is 4. The molecule has 2 aromatic heterocycles. The molecule has 0 unspecified atom stereocenters. The van der Waals surface area contributed by atoms with E-state index in [0.717, 1.165) is 54.2 Å². The van der Waals surface area contributed by atoms with Crippen LogP contribution in [0.1, 0.15) is 17.1 Å². The number of hydrogen-bond donors (Lipinski definition) is 1.